The molecule has 0 saturated carbocycles. The number of methoxy groups -OCH3 is 1. The summed E-state index contributed by atoms with van der Waals surface area (Å²) < 4.78 is 10.2. The molecule has 1 saturated heterocycles. The number of nitrogens with zero attached hydrogens (tertiary/aromatic N) is 1. The van der Waals surface area contributed by atoms with Crippen molar-refractivity contribution in [1.29, 1.82) is 0 Å². The average molecular weight is 258 g/mol. The van der Waals surface area contributed by atoms with Crippen LogP contribution in [0.1, 0.15) is 20.3 Å². The van der Waals surface area contributed by atoms with Gasteiger partial charge in [-0.25, -0.2) is 0 Å². The number of hydrogen-bond acceptors (Lipinski definition) is 4. The van der Waals surface area contributed by atoms with Gasteiger partial charge in [-0.15, -0.1) is 0 Å². The predicted octanol–water partition coefficient (Wildman–Crippen LogP) is -0.223. The van der Waals surface area contributed by atoms with Crippen LogP contribution >= 0.6 is 0 Å². The van der Waals surface area contributed by atoms with E-state index in [1.807, 2.05) is 6.92 Å². The monoisotopic (exact) mass is 258 g/mol. The Balaban J connectivity index is 2.53. The Kier molecular flexibility index (Phi) is 5.55. The summed E-state index contributed by atoms with van der Waals surface area (Å²) in [5.41, 5.74) is -0.764. The molecule has 0 aliphatic carbocycles. The van der Waals surface area contributed by atoms with Crippen LogP contribution < -0.4 is 5.32 Å². The van der Waals surface area contributed by atoms with Crippen LogP contribution in [0.3, 0.4) is 0 Å². The first-order valence-electron chi connectivity index (χ1n) is 6.21. The summed E-state index contributed by atoms with van der Waals surface area (Å²) in [6.07, 6.45) is 0.586. The molecule has 104 valence electrons. The Morgan fingerprint density at radius 1 is 1.33 bits per heavy atom. The molecular weight excluding hydrogens is 236 g/mol. The first kappa shape index (κ1) is 14.9. The summed E-state index contributed by atoms with van der Waals surface area (Å²) in [4.78, 5) is 25.3. The van der Waals surface area contributed by atoms with E-state index in [2.05, 4.69) is 5.32 Å². The third-order valence-electron chi connectivity index (χ3n) is 3.37. The quantitative estimate of drug-likeness (QED) is 0.641. The average Bonchev–Trinajstić information content (AvgIpc) is 2.37. The molecule has 1 atom stereocenters. The minimum atomic E-state index is -0.764. The maximum Gasteiger partial charge on any atom is 0.246 e. The highest BCUT2D eigenvalue weighted by atomic mass is 16.5. The van der Waals surface area contributed by atoms with Crippen molar-refractivity contribution < 1.29 is 19.1 Å². The number of amides is 2. The normalized spacial score (nSPS) is 24.3. The number of rotatable bonds is 7. The standard InChI is InChI=1S/C12H22N2O4/c1-4-12(2)11(16)13-9-10(15)14(12)5-6-18-8-7-17-3/h4-9H2,1-3H3,(H,13,16). The number of piperazine rings is 1. The number of nitrogens with one attached hydrogen (secondary N) is 1. The zero-order valence-corrected chi connectivity index (χ0v) is 11.3. The third-order valence-corrected chi connectivity index (χ3v) is 3.37. The Bertz CT molecular complexity index is 308. The second kappa shape index (κ2) is 6.70. The fraction of sp³-hybridized carbons (Fsp3) is 0.833. The number of carbonyl (C=O) groups excluding carboxylic acids is 2. The van der Waals surface area contributed by atoms with Crippen LogP contribution in [0.2, 0.25) is 0 Å². The van der Waals surface area contributed by atoms with E-state index >= 15 is 0 Å². The molecule has 0 aromatic rings. The molecule has 1 heterocycles. The largest absolute Gasteiger partial charge is 0.382 e. The Labute approximate surface area is 108 Å². The molecule has 6 heteroatoms. The van der Waals surface area contributed by atoms with E-state index in [4.69, 9.17) is 9.47 Å². The minimum absolute atomic E-state index is 0.0608. The maximum atomic E-state index is 11.9. The zero-order chi connectivity index (χ0) is 13.6. The molecule has 2 amide bonds. The lowest BCUT2D eigenvalue weighted by Gasteiger charge is -2.42. The lowest BCUT2D eigenvalue weighted by Crippen LogP contribution is -2.66. The molecule has 0 bridgehead atoms. The molecule has 0 aromatic carbocycles. The molecule has 1 rings (SSSR count). The van der Waals surface area contributed by atoms with Gasteiger partial charge in [-0.1, -0.05) is 6.92 Å². The van der Waals surface area contributed by atoms with Crippen LogP contribution in [0.15, 0.2) is 0 Å². The lowest BCUT2D eigenvalue weighted by atomic mass is 9.93. The Hall–Kier alpha value is -1.14. The van der Waals surface area contributed by atoms with Gasteiger partial charge in [0, 0.05) is 13.7 Å². The van der Waals surface area contributed by atoms with E-state index in [1.165, 1.54) is 0 Å². The summed E-state index contributed by atoms with van der Waals surface area (Å²) in [5, 5.41) is 2.62. The van der Waals surface area contributed by atoms with Crippen LogP contribution in [0.4, 0.5) is 0 Å². The second-order valence-corrected chi connectivity index (χ2v) is 4.46. The first-order valence-corrected chi connectivity index (χ1v) is 6.21. The van der Waals surface area contributed by atoms with Crippen molar-refractivity contribution in [2.75, 3.05) is 40.0 Å². The fourth-order valence-electron chi connectivity index (χ4n) is 1.96. The van der Waals surface area contributed by atoms with Crippen LogP contribution in [0.5, 0.6) is 0 Å². The van der Waals surface area contributed by atoms with E-state index in [1.54, 1.807) is 18.9 Å². The molecule has 1 aliphatic rings. The van der Waals surface area contributed by atoms with Crippen LogP contribution in [-0.2, 0) is 19.1 Å². The second-order valence-electron chi connectivity index (χ2n) is 4.46. The van der Waals surface area contributed by atoms with Crippen molar-refractivity contribution in [2.45, 2.75) is 25.8 Å². The van der Waals surface area contributed by atoms with Crippen LogP contribution in [0, 0.1) is 0 Å². The predicted molar refractivity (Wildman–Crippen MR) is 66.1 cm³/mol. The zero-order valence-electron chi connectivity index (χ0n) is 11.3. The molecule has 6 nitrogen and oxygen atoms in total. The topological polar surface area (TPSA) is 67.9 Å². The van der Waals surface area contributed by atoms with E-state index < -0.39 is 5.54 Å². The fourth-order valence-corrected chi connectivity index (χ4v) is 1.96. The Morgan fingerprint density at radius 2 is 2.06 bits per heavy atom. The van der Waals surface area contributed by atoms with Crippen molar-refractivity contribution in [1.82, 2.24) is 10.2 Å². The number of hydrogen-bond donors (Lipinski definition) is 1. The first-order chi connectivity index (χ1) is 8.56. The molecule has 1 N–H and O–H groups in total. The molecule has 0 aromatic heterocycles. The molecule has 1 unspecified atom stereocenters. The van der Waals surface area contributed by atoms with E-state index in [0.29, 0.717) is 32.8 Å². The van der Waals surface area contributed by atoms with Crippen molar-refractivity contribution in [3.8, 4) is 0 Å². The summed E-state index contributed by atoms with van der Waals surface area (Å²) in [7, 11) is 1.61. The summed E-state index contributed by atoms with van der Waals surface area (Å²) in [6.45, 7) is 5.63. The molecule has 18 heavy (non-hydrogen) atoms. The summed E-state index contributed by atoms with van der Waals surface area (Å²) in [6, 6.07) is 0. The molecule has 1 fully saturated rings. The van der Waals surface area contributed by atoms with Gasteiger partial charge in [-0.2, -0.15) is 0 Å². The third kappa shape index (κ3) is 3.20. The van der Waals surface area contributed by atoms with E-state index in [-0.39, 0.29) is 18.4 Å². The van der Waals surface area contributed by atoms with Crippen molar-refractivity contribution >= 4 is 11.8 Å². The van der Waals surface area contributed by atoms with Gasteiger partial charge >= 0.3 is 0 Å². The van der Waals surface area contributed by atoms with Gasteiger partial charge in [0.2, 0.25) is 11.8 Å². The molecular formula is C12H22N2O4. The Morgan fingerprint density at radius 3 is 2.67 bits per heavy atom. The summed E-state index contributed by atoms with van der Waals surface area (Å²) in [5.74, 6) is -0.157. The van der Waals surface area contributed by atoms with Gasteiger partial charge in [-0.05, 0) is 13.3 Å². The van der Waals surface area contributed by atoms with Crippen LogP contribution in [0.25, 0.3) is 0 Å². The minimum Gasteiger partial charge on any atom is -0.382 e. The smallest absolute Gasteiger partial charge is 0.246 e. The van der Waals surface area contributed by atoms with Crippen molar-refractivity contribution in [3.63, 3.8) is 0 Å². The SMILES string of the molecule is CCC1(C)C(=O)NCC(=O)N1CCOCCOC. The molecule has 0 spiro atoms. The van der Waals surface area contributed by atoms with Gasteiger partial charge in [0.1, 0.15) is 5.54 Å². The maximum absolute atomic E-state index is 11.9. The van der Waals surface area contributed by atoms with E-state index in [9.17, 15) is 9.59 Å². The van der Waals surface area contributed by atoms with Gasteiger partial charge < -0.3 is 19.7 Å². The lowest BCUT2D eigenvalue weighted by molar-refractivity contribution is -0.153. The number of carbonyl (C=O) groups is 2. The highest BCUT2D eigenvalue weighted by Gasteiger charge is 2.43. The van der Waals surface area contributed by atoms with Gasteiger partial charge in [0.15, 0.2) is 0 Å². The van der Waals surface area contributed by atoms with Gasteiger partial charge in [-0.3, -0.25) is 9.59 Å². The van der Waals surface area contributed by atoms with Crippen LogP contribution in [-0.4, -0.2) is 62.3 Å². The van der Waals surface area contributed by atoms with Gasteiger partial charge in [0.05, 0.1) is 26.4 Å². The number of ether oxygens (including phenoxy) is 2. The van der Waals surface area contributed by atoms with Gasteiger partial charge in [0.25, 0.3) is 0 Å². The van der Waals surface area contributed by atoms with E-state index in [0.717, 1.165) is 0 Å². The molecule has 0 radical (unpaired) electrons. The molecule has 1 aliphatic heterocycles. The van der Waals surface area contributed by atoms with Crippen molar-refractivity contribution in [2.24, 2.45) is 0 Å². The van der Waals surface area contributed by atoms with Crippen molar-refractivity contribution in [3.05, 3.63) is 0 Å². The highest BCUT2D eigenvalue weighted by molar-refractivity contribution is 5.97. The highest BCUT2D eigenvalue weighted by Crippen LogP contribution is 2.22. The summed E-state index contributed by atoms with van der Waals surface area (Å²) >= 11 is 0.